The molecule has 1 aliphatic heterocycles. The molecule has 2 N–H and O–H groups in total. The number of amides is 1. The number of carbonyl (C=O) groups is 1. The van der Waals surface area contributed by atoms with Gasteiger partial charge in [-0.05, 0) is 34.7 Å². The first-order valence-corrected chi connectivity index (χ1v) is 11.0. The summed E-state index contributed by atoms with van der Waals surface area (Å²) in [5.41, 5.74) is 3.60. The molecule has 30 heavy (non-hydrogen) atoms. The number of fused-ring (bicyclic) bond motifs is 1. The van der Waals surface area contributed by atoms with Gasteiger partial charge < -0.3 is 19.7 Å². The number of benzene rings is 2. The normalized spacial score (nSPS) is 16.4. The van der Waals surface area contributed by atoms with E-state index < -0.39 is 0 Å². The number of rotatable bonds is 7. The molecular formula is C24H27N2O3S+. The minimum Gasteiger partial charge on any atom is -0.493 e. The number of thiophene rings is 1. The fraction of sp³-hybridized carbons (Fsp3) is 0.292. The summed E-state index contributed by atoms with van der Waals surface area (Å²) < 4.78 is 10.9. The van der Waals surface area contributed by atoms with Crippen molar-refractivity contribution in [2.75, 3.05) is 27.3 Å². The van der Waals surface area contributed by atoms with Crippen molar-refractivity contribution in [3.63, 3.8) is 0 Å². The van der Waals surface area contributed by atoms with Gasteiger partial charge in [-0.25, -0.2) is 0 Å². The first kappa shape index (κ1) is 20.4. The molecule has 2 atom stereocenters. The molecule has 1 aromatic heterocycles. The second-order valence-electron chi connectivity index (χ2n) is 7.51. The molecular weight excluding hydrogens is 396 g/mol. The standard InChI is InChI=1S/C24H26N2O3S/c1-28-20-13-18-10-11-26(15-19(18)14-21(20)29-2)16-23(27)25-24(22-9-6-12-30-22)17-7-4-3-5-8-17/h3-9,12-14,24H,10-11,15-16H2,1-2H3,(H,25,27)/p+1/t24-/m0/s1. The molecule has 0 aliphatic carbocycles. The molecule has 0 radical (unpaired) electrons. The molecule has 0 saturated heterocycles. The highest BCUT2D eigenvalue weighted by atomic mass is 32.1. The van der Waals surface area contributed by atoms with Crippen LogP contribution in [0.1, 0.15) is 27.6 Å². The summed E-state index contributed by atoms with van der Waals surface area (Å²) in [6.07, 6.45) is 0.922. The van der Waals surface area contributed by atoms with Crippen LogP contribution in [0, 0.1) is 0 Å². The van der Waals surface area contributed by atoms with Crippen LogP contribution in [0.4, 0.5) is 0 Å². The van der Waals surface area contributed by atoms with Crippen LogP contribution in [0.25, 0.3) is 0 Å². The zero-order valence-corrected chi connectivity index (χ0v) is 18.1. The lowest BCUT2D eigenvalue weighted by Gasteiger charge is -2.27. The Morgan fingerprint density at radius 1 is 1.07 bits per heavy atom. The average molecular weight is 424 g/mol. The Labute approximate surface area is 181 Å². The van der Waals surface area contributed by atoms with Gasteiger partial charge >= 0.3 is 0 Å². The van der Waals surface area contributed by atoms with Crippen LogP contribution in [0.2, 0.25) is 0 Å². The maximum Gasteiger partial charge on any atom is 0.275 e. The molecule has 6 heteroatoms. The average Bonchev–Trinajstić information content (AvgIpc) is 3.31. The minimum atomic E-state index is -0.112. The largest absolute Gasteiger partial charge is 0.493 e. The van der Waals surface area contributed by atoms with Crippen LogP contribution in [-0.4, -0.2) is 33.2 Å². The van der Waals surface area contributed by atoms with Crippen molar-refractivity contribution in [2.45, 2.75) is 19.0 Å². The number of carbonyl (C=O) groups excluding carboxylic acids is 1. The van der Waals surface area contributed by atoms with E-state index in [4.69, 9.17) is 9.47 Å². The summed E-state index contributed by atoms with van der Waals surface area (Å²) in [6.45, 7) is 2.17. The molecule has 0 spiro atoms. The van der Waals surface area contributed by atoms with Crippen molar-refractivity contribution in [3.8, 4) is 11.5 Å². The van der Waals surface area contributed by atoms with Crippen molar-refractivity contribution >= 4 is 17.2 Å². The predicted octanol–water partition coefficient (Wildman–Crippen LogP) is 2.61. The summed E-state index contributed by atoms with van der Waals surface area (Å²) in [5, 5.41) is 5.30. The third kappa shape index (κ3) is 4.50. The van der Waals surface area contributed by atoms with Crippen molar-refractivity contribution in [1.82, 2.24) is 5.32 Å². The van der Waals surface area contributed by atoms with Gasteiger partial charge in [0.2, 0.25) is 0 Å². The Morgan fingerprint density at radius 2 is 1.80 bits per heavy atom. The van der Waals surface area contributed by atoms with Crippen LogP contribution in [0.3, 0.4) is 0 Å². The Bertz CT molecular complexity index is 989. The van der Waals surface area contributed by atoms with Crippen LogP contribution in [0.5, 0.6) is 11.5 Å². The van der Waals surface area contributed by atoms with Gasteiger partial charge in [0.1, 0.15) is 6.54 Å². The zero-order valence-electron chi connectivity index (χ0n) is 17.3. The highest BCUT2D eigenvalue weighted by Gasteiger charge is 2.26. The van der Waals surface area contributed by atoms with E-state index in [2.05, 4.69) is 29.6 Å². The number of nitrogens with one attached hydrogen (secondary N) is 2. The first-order chi connectivity index (χ1) is 14.7. The van der Waals surface area contributed by atoms with E-state index >= 15 is 0 Å². The lowest BCUT2D eigenvalue weighted by atomic mass is 9.98. The summed E-state index contributed by atoms with van der Waals surface area (Å²) >= 11 is 1.66. The predicted molar refractivity (Wildman–Crippen MR) is 118 cm³/mol. The van der Waals surface area contributed by atoms with Crippen LogP contribution < -0.4 is 19.7 Å². The fourth-order valence-corrected chi connectivity index (χ4v) is 4.84. The molecule has 2 heterocycles. The van der Waals surface area contributed by atoms with E-state index in [0.29, 0.717) is 6.54 Å². The molecule has 1 amide bonds. The topological polar surface area (TPSA) is 52.0 Å². The van der Waals surface area contributed by atoms with Gasteiger partial charge in [-0.1, -0.05) is 36.4 Å². The van der Waals surface area contributed by atoms with Crippen LogP contribution in [-0.2, 0) is 17.8 Å². The van der Waals surface area contributed by atoms with Gasteiger partial charge in [-0.2, -0.15) is 0 Å². The maximum atomic E-state index is 13.0. The van der Waals surface area contributed by atoms with Crippen molar-refractivity contribution in [3.05, 3.63) is 81.5 Å². The van der Waals surface area contributed by atoms with E-state index in [1.807, 2.05) is 35.7 Å². The Balaban J connectivity index is 1.45. The molecule has 0 bridgehead atoms. The van der Waals surface area contributed by atoms with Gasteiger partial charge in [0.15, 0.2) is 18.0 Å². The molecule has 3 aromatic rings. The van der Waals surface area contributed by atoms with Gasteiger partial charge in [-0.15, -0.1) is 11.3 Å². The molecule has 4 rings (SSSR count). The van der Waals surface area contributed by atoms with Gasteiger partial charge in [-0.3, -0.25) is 4.79 Å². The third-order valence-corrected chi connectivity index (χ3v) is 6.51. The quantitative estimate of drug-likeness (QED) is 0.614. The summed E-state index contributed by atoms with van der Waals surface area (Å²) in [6, 6.07) is 18.2. The van der Waals surface area contributed by atoms with E-state index in [1.165, 1.54) is 16.0 Å². The molecule has 1 aliphatic rings. The van der Waals surface area contributed by atoms with E-state index in [1.54, 1.807) is 25.6 Å². The zero-order chi connectivity index (χ0) is 20.9. The second kappa shape index (κ2) is 9.32. The smallest absolute Gasteiger partial charge is 0.275 e. The lowest BCUT2D eigenvalue weighted by molar-refractivity contribution is -0.908. The molecule has 1 unspecified atom stereocenters. The fourth-order valence-electron chi connectivity index (χ4n) is 4.04. The van der Waals surface area contributed by atoms with Crippen molar-refractivity contribution < 1.29 is 19.2 Å². The Kier molecular flexibility index (Phi) is 6.35. The highest BCUT2D eigenvalue weighted by Crippen LogP contribution is 2.31. The number of ether oxygens (including phenoxy) is 2. The highest BCUT2D eigenvalue weighted by molar-refractivity contribution is 7.10. The summed E-state index contributed by atoms with van der Waals surface area (Å²) in [4.78, 5) is 15.4. The van der Waals surface area contributed by atoms with Crippen molar-refractivity contribution in [2.24, 2.45) is 0 Å². The first-order valence-electron chi connectivity index (χ1n) is 10.1. The molecule has 0 saturated carbocycles. The van der Waals surface area contributed by atoms with Gasteiger partial charge in [0.25, 0.3) is 5.91 Å². The van der Waals surface area contributed by atoms with Crippen molar-refractivity contribution in [1.29, 1.82) is 0 Å². The van der Waals surface area contributed by atoms with Gasteiger partial charge in [0.05, 0.1) is 26.8 Å². The lowest BCUT2D eigenvalue weighted by Crippen LogP contribution is -3.12. The second-order valence-corrected chi connectivity index (χ2v) is 8.49. The van der Waals surface area contributed by atoms with E-state index in [-0.39, 0.29) is 11.9 Å². The number of hydrogen-bond donors (Lipinski definition) is 2. The number of methoxy groups -OCH3 is 2. The monoisotopic (exact) mass is 423 g/mol. The Morgan fingerprint density at radius 3 is 2.47 bits per heavy atom. The third-order valence-electron chi connectivity index (χ3n) is 5.57. The number of quaternary nitrogens is 1. The van der Waals surface area contributed by atoms with E-state index in [9.17, 15) is 4.79 Å². The number of hydrogen-bond acceptors (Lipinski definition) is 4. The summed E-state index contributed by atoms with van der Waals surface area (Å²) in [5.74, 6) is 1.57. The Hall–Kier alpha value is -2.83. The van der Waals surface area contributed by atoms with Crippen LogP contribution >= 0.6 is 11.3 Å². The van der Waals surface area contributed by atoms with Gasteiger partial charge in [0, 0.05) is 16.9 Å². The SMILES string of the molecule is COc1cc2c(cc1OC)C[NH+](CC(=O)N[C@@H](c1ccccc1)c1cccs1)CC2. The summed E-state index contributed by atoms with van der Waals surface area (Å²) in [7, 11) is 3.31. The molecule has 2 aromatic carbocycles. The molecule has 5 nitrogen and oxygen atoms in total. The molecule has 0 fully saturated rings. The van der Waals surface area contributed by atoms with Crippen LogP contribution in [0.15, 0.2) is 60.0 Å². The maximum absolute atomic E-state index is 13.0. The molecule has 156 valence electrons. The van der Waals surface area contributed by atoms with E-state index in [0.717, 1.165) is 41.4 Å². The minimum absolute atomic E-state index is 0.0659.